The fourth-order valence-electron chi connectivity index (χ4n) is 5.88. The van der Waals surface area contributed by atoms with Crippen LogP contribution in [0.3, 0.4) is 0 Å². The van der Waals surface area contributed by atoms with Gasteiger partial charge in [-0.25, -0.2) is 19.6 Å². The summed E-state index contributed by atoms with van der Waals surface area (Å²) >= 11 is 0. The largest absolute Gasteiger partial charge is 0.456 e. The Morgan fingerprint density at radius 2 is 1.23 bits per heavy atom. The van der Waals surface area contributed by atoms with Gasteiger partial charge in [0.25, 0.3) is 0 Å². The maximum absolute atomic E-state index is 13.3. The molecular formula is C43H50N2O11. The number of methoxy groups -OCH3 is 1. The Bertz CT molecular complexity index is 1940. The molecule has 4 bridgehead atoms. The van der Waals surface area contributed by atoms with E-state index in [1.54, 1.807) is 79.0 Å². The minimum atomic E-state index is -1.05. The number of hydrogen-bond donors (Lipinski definition) is 0. The van der Waals surface area contributed by atoms with Crippen LogP contribution in [0.25, 0.3) is 6.08 Å². The van der Waals surface area contributed by atoms with Crippen LogP contribution in [0.1, 0.15) is 87.1 Å². The van der Waals surface area contributed by atoms with Gasteiger partial charge in [0.2, 0.25) is 5.89 Å². The molecule has 7 atom stereocenters. The van der Waals surface area contributed by atoms with E-state index in [4.69, 9.17) is 32.5 Å². The smallest absolute Gasteiger partial charge is 0.360 e. The van der Waals surface area contributed by atoms with E-state index in [-0.39, 0.29) is 78.4 Å². The van der Waals surface area contributed by atoms with Crippen LogP contribution in [0.15, 0.2) is 100 Å². The number of allylic oxidation sites excluding steroid dienone is 6. The fraction of sp³-hybridized carbons (Fsp3) is 0.442. The monoisotopic (exact) mass is 770 g/mol. The molecule has 0 spiro atoms. The summed E-state index contributed by atoms with van der Waals surface area (Å²) in [5, 5.41) is 0. The molecule has 3 aliphatic rings. The van der Waals surface area contributed by atoms with Gasteiger partial charge in [0, 0.05) is 26.0 Å². The van der Waals surface area contributed by atoms with Crippen molar-refractivity contribution in [2.45, 2.75) is 104 Å². The number of cyclic esters (lactones) is 2. The van der Waals surface area contributed by atoms with Gasteiger partial charge in [-0.05, 0) is 53.7 Å². The molecular weight excluding hydrogens is 720 g/mol. The third-order valence-corrected chi connectivity index (χ3v) is 9.83. The van der Waals surface area contributed by atoms with Crippen LogP contribution in [-0.2, 0) is 39.7 Å². The number of rotatable bonds is 7. The first-order valence-electron chi connectivity index (χ1n) is 18.6. The maximum Gasteiger partial charge on any atom is 0.360 e. The van der Waals surface area contributed by atoms with E-state index in [1.807, 2.05) is 42.5 Å². The Morgan fingerprint density at radius 1 is 0.714 bits per heavy atom. The summed E-state index contributed by atoms with van der Waals surface area (Å²) in [4.78, 5) is 61.3. The molecule has 5 rings (SSSR count). The zero-order valence-electron chi connectivity index (χ0n) is 32.8. The lowest BCUT2D eigenvalue weighted by molar-refractivity contribution is -0.129. The second-order valence-electron chi connectivity index (χ2n) is 14.7. The summed E-state index contributed by atoms with van der Waals surface area (Å²) in [6, 6.07) is 0. The average Bonchev–Trinajstić information content (AvgIpc) is 3.96. The normalized spacial score (nSPS) is 29.6. The predicted octanol–water partition coefficient (Wildman–Crippen LogP) is 6.88. The molecule has 2 fully saturated rings. The van der Waals surface area contributed by atoms with Crippen molar-refractivity contribution < 1.29 is 51.7 Å². The Hall–Kier alpha value is -5.24. The van der Waals surface area contributed by atoms with Gasteiger partial charge in [0.15, 0.2) is 28.8 Å². The zero-order valence-corrected chi connectivity index (χ0v) is 32.8. The molecule has 0 aliphatic carbocycles. The third-order valence-electron chi connectivity index (χ3n) is 9.83. The molecule has 0 radical (unpaired) electrons. The third kappa shape index (κ3) is 11.0. The van der Waals surface area contributed by atoms with Crippen molar-refractivity contribution in [2.24, 2.45) is 10.8 Å². The number of ether oxygens (including phenoxy) is 5. The molecule has 13 heteroatoms. The minimum Gasteiger partial charge on any atom is -0.456 e. The van der Waals surface area contributed by atoms with Crippen LogP contribution >= 0.6 is 0 Å². The summed E-state index contributed by atoms with van der Waals surface area (Å²) in [5.41, 5.74) is -2.15. The van der Waals surface area contributed by atoms with Crippen molar-refractivity contribution >= 4 is 29.6 Å². The number of oxazole rings is 2. The van der Waals surface area contributed by atoms with Gasteiger partial charge >= 0.3 is 11.9 Å². The van der Waals surface area contributed by atoms with Gasteiger partial charge in [0.05, 0.1) is 23.4 Å². The summed E-state index contributed by atoms with van der Waals surface area (Å²) in [7, 11) is 1.55. The van der Waals surface area contributed by atoms with E-state index in [2.05, 4.69) is 9.97 Å². The summed E-state index contributed by atoms with van der Waals surface area (Å²) in [6.45, 7) is 10.4. The van der Waals surface area contributed by atoms with Crippen molar-refractivity contribution in [2.75, 3.05) is 7.11 Å². The Morgan fingerprint density at radius 3 is 1.79 bits per heavy atom. The highest BCUT2D eigenvalue weighted by molar-refractivity contribution is 5.96. The molecule has 3 aliphatic heterocycles. The van der Waals surface area contributed by atoms with Crippen LogP contribution < -0.4 is 0 Å². The van der Waals surface area contributed by atoms with E-state index >= 15 is 0 Å². The van der Waals surface area contributed by atoms with Gasteiger partial charge in [0.1, 0.15) is 49.2 Å². The van der Waals surface area contributed by atoms with Crippen molar-refractivity contribution in [3.8, 4) is 0 Å². The van der Waals surface area contributed by atoms with Gasteiger partial charge in [-0.15, -0.1) is 0 Å². The lowest BCUT2D eigenvalue weighted by Gasteiger charge is -2.30. The lowest BCUT2D eigenvalue weighted by Crippen LogP contribution is -2.39. The van der Waals surface area contributed by atoms with Crippen LogP contribution in [-0.4, -0.2) is 83.3 Å². The molecule has 0 N–H and O–H groups in total. The Balaban J connectivity index is 1.37. The molecule has 13 nitrogen and oxygen atoms in total. The van der Waals surface area contributed by atoms with Gasteiger partial charge in [-0.3, -0.25) is 9.59 Å². The standard InChI is InChI=1S/C43H50N2O11/c1-8-14-34(46)42(3,4)36-20-13-18-32-33(54-32)23-22-27(50-7)24-39-45-29(26-52-39)41(49)56-37(43(5,6)35(47)15-9-2)19-12-17-31-30(53-31)16-10-11-21-38-44-28(25-51-38)40(48)55-36/h8-18,21-23,25-27,30-33,36-37H,19-20,24H2,1-7H3/b14-8+,15-9+,16-10+,17-12-,18-13-,21-11-,23-22+/t27-,30-,31+,32?,33?,36-,37-/m0/s1. The average molecular weight is 771 g/mol. The molecule has 56 heavy (non-hydrogen) atoms. The van der Waals surface area contributed by atoms with Crippen molar-refractivity contribution in [3.05, 3.63) is 115 Å². The Labute approximate surface area is 326 Å². The van der Waals surface area contributed by atoms with Crippen molar-refractivity contribution in [1.82, 2.24) is 9.97 Å². The van der Waals surface area contributed by atoms with Crippen LogP contribution in [0, 0.1) is 10.8 Å². The number of carbonyl (C=O) groups excluding carboxylic acids is 4. The molecule has 0 aromatic carbocycles. The molecule has 2 saturated heterocycles. The highest BCUT2D eigenvalue weighted by Gasteiger charge is 2.41. The van der Waals surface area contributed by atoms with E-state index in [0.717, 1.165) is 0 Å². The number of aromatic nitrogens is 2. The van der Waals surface area contributed by atoms with Gasteiger partial charge in [-0.1, -0.05) is 66.8 Å². The number of epoxide rings is 2. The first-order valence-corrected chi connectivity index (χ1v) is 18.6. The second kappa shape index (κ2) is 18.6. The number of hydrogen-bond acceptors (Lipinski definition) is 13. The lowest BCUT2D eigenvalue weighted by atomic mass is 9.80. The van der Waals surface area contributed by atoms with Gasteiger partial charge < -0.3 is 32.5 Å². The van der Waals surface area contributed by atoms with Crippen LogP contribution in [0.5, 0.6) is 0 Å². The minimum absolute atomic E-state index is 0.0261. The predicted molar refractivity (Wildman–Crippen MR) is 205 cm³/mol. The first kappa shape index (κ1) is 41.9. The Kier molecular flexibility index (Phi) is 13.9. The quantitative estimate of drug-likeness (QED) is 0.124. The summed E-state index contributed by atoms with van der Waals surface area (Å²) < 4.78 is 40.0. The molecule has 2 aromatic heterocycles. The number of ketones is 2. The maximum atomic E-state index is 13.3. The van der Waals surface area contributed by atoms with Crippen LogP contribution in [0.4, 0.5) is 0 Å². The number of fused-ring (bicyclic) bond motifs is 6. The molecule has 298 valence electrons. The SMILES string of the molecule is C/C=C/C(=O)C(C)(C)[C@@H]1C/C=C\C2OC2/C=C/[C@H](OC)Cc2nc(co2)C(=O)O[C@H](C(C)(C)C(=O)/C=C/C)C/C=C\[C@H]2O[C@H]2/C=C/C=C\c2nc(co2)C(=O)O1. The highest BCUT2D eigenvalue weighted by atomic mass is 16.6. The van der Waals surface area contributed by atoms with E-state index in [9.17, 15) is 19.2 Å². The van der Waals surface area contributed by atoms with Crippen molar-refractivity contribution in [1.29, 1.82) is 0 Å². The molecule has 0 amide bonds. The zero-order chi connectivity index (χ0) is 40.5. The number of esters is 2. The molecule has 0 saturated carbocycles. The van der Waals surface area contributed by atoms with Gasteiger partial charge in [-0.2, -0.15) is 0 Å². The summed E-state index contributed by atoms with van der Waals surface area (Å²) in [6.07, 6.45) is 24.4. The number of carbonyl (C=O) groups is 4. The van der Waals surface area contributed by atoms with Crippen molar-refractivity contribution in [3.63, 3.8) is 0 Å². The fourth-order valence-corrected chi connectivity index (χ4v) is 5.88. The highest BCUT2D eigenvalue weighted by Crippen LogP contribution is 2.33. The molecule has 5 heterocycles. The molecule has 2 aromatic rings. The van der Waals surface area contributed by atoms with E-state index < -0.39 is 41.1 Å². The second-order valence-corrected chi connectivity index (χ2v) is 14.7. The first-order chi connectivity index (χ1) is 26.8. The summed E-state index contributed by atoms with van der Waals surface area (Å²) in [5.74, 6) is -1.36. The van der Waals surface area contributed by atoms with Crippen LogP contribution in [0.2, 0.25) is 0 Å². The van der Waals surface area contributed by atoms with E-state index in [0.29, 0.717) is 0 Å². The number of nitrogens with zero attached hydrogens (tertiary/aromatic N) is 2. The molecule has 2 unspecified atom stereocenters. The van der Waals surface area contributed by atoms with E-state index in [1.165, 1.54) is 24.7 Å². The topological polar surface area (TPSA) is 173 Å².